The highest BCUT2D eigenvalue weighted by Gasteiger charge is 2.13. The van der Waals surface area contributed by atoms with E-state index in [4.69, 9.17) is 16.3 Å². The lowest BCUT2D eigenvalue weighted by atomic mass is 10.1. The van der Waals surface area contributed by atoms with Crippen molar-refractivity contribution in [2.45, 2.75) is 26.7 Å². The highest BCUT2D eigenvalue weighted by molar-refractivity contribution is 6.34. The van der Waals surface area contributed by atoms with Crippen molar-refractivity contribution in [2.24, 2.45) is 0 Å². The molecular weight excluding hydrogens is 398 g/mol. The van der Waals surface area contributed by atoms with Crippen LogP contribution in [0.1, 0.15) is 24.0 Å². The SMILES string of the molecule is Cc1cc(C)c(NC(=O)COC(=O)CCCNc2ccccc2[N+](=O)[O-])c(Cl)c1. The molecule has 0 saturated heterocycles. The summed E-state index contributed by atoms with van der Waals surface area (Å²) in [6.07, 6.45) is 0.473. The van der Waals surface area contributed by atoms with E-state index in [0.717, 1.165) is 11.1 Å². The van der Waals surface area contributed by atoms with Gasteiger partial charge >= 0.3 is 5.97 Å². The van der Waals surface area contributed by atoms with Gasteiger partial charge in [0.2, 0.25) is 0 Å². The summed E-state index contributed by atoms with van der Waals surface area (Å²) in [5.41, 5.74) is 2.64. The standard InChI is InChI=1S/C20H22ClN3O5/c1-13-10-14(2)20(15(21)11-13)23-18(25)12-29-19(26)8-5-9-22-16-6-3-4-7-17(16)24(27)28/h3-4,6-7,10-11,22H,5,8-9,12H2,1-2H3,(H,23,25). The minimum absolute atomic E-state index is 0.0307. The number of hydrogen-bond donors (Lipinski definition) is 2. The van der Waals surface area contributed by atoms with E-state index >= 15 is 0 Å². The number of hydrogen-bond acceptors (Lipinski definition) is 6. The molecule has 0 heterocycles. The maximum atomic E-state index is 12.0. The topological polar surface area (TPSA) is 111 Å². The average molecular weight is 420 g/mol. The van der Waals surface area contributed by atoms with Gasteiger partial charge in [0, 0.05) is 19.0 Å². The first-order chi connectivity index (χ1) is 13.8. The van der Waals surface area contributed by atoms with Gasteiger partial charge in [0.15, 0.2) is 6.61 Å². The fraction of sp³-hybridized carbons (Fsp3) is 0.300. The maximum absolute atomic E-state index is 12.0. The Morgan fingerprint density at radius 1 is 1.21 bits per heavy atom. The van der Waals surface area contributed by atoms with Gasteiger partial charge in [0.25, 0.3) is 11.6 Å². The first kappa shape index (κ1) is 22.2. The third-order valence-corrected chi connectivity index (χ3v) is 4.33. The van der Waals surface area contributed by atoms with E-state index in [9.17, 15) is 19.7 Å². The quantitative estimate of drug-likeness (QED) is 0.272. The van der Waals surface area contributed by atoms with Crippen molar-refractivity contribution in [3.8, 4) is 0 Å². The molecule has 0 fully saturated rings. The number of nitrogens with zero attached hydrogens (tertiary/aromatic N) is 1. The van der Waals surface area contributed by atoms with Crippen molar-refractivity contribution in [2.75, 3.05) is 23.8 Å². The highest BCUT2D eigenvalue weighted by atomic mass is 35.5. The van der Waals surface area contributed by atoms with Gasteiger partial charge in [-0.05, 0) is 43.5 Å². The van der Waals surface area contributed by atoms with E-state index in [2.05, 4.69) is 10.6 Å². The first-order valence-electron chi connectivity index (χ1n) is 8.97. The molecule has 0 unspecified atom stereocenters. The summed E-state index contributed by atoms with van der Waals surface area (Å²) >= 11 is 6.14. The molecule has 2 rings (SSSR count). The van der Waals surface area contributed by atoms with E-state index in [-0.39, 0.29) is 12.1 Å². The number of para-hydroxylation sites is 2. The summed E-state index contributed by atoms with van der Waals surface area (Å²) in [5.74, 6) is -1.01. The summed E-state index contributed by atoms with van der Waals surface area (Å²) in [6.45, 7) is 3.66. The smallest absolute Gasteiger partial charge is 0.306 e. The molecule has 8 nitrogen and oxygen atoms in total. The van der Waals surface area contributed by atoms with Gasteiger partial charge in [-0.3, -0.25) is 19.7 Å². The molecule has 29 heavy (non-hydrogen) atoms. The summed E-state index contributed by atoms with van der Waals surface area (Å²) < 4.78 is 4.96. The number of rotatable bonds is 9. The van der Waals surface area contributed by atoms with E-state index in [1.165, 1.54) is 6.07 Å². The molecule has 0 aliphatic carbocycles. The summed E-state index contributed by atoms with van der Waals surface area (Å²) in [7, 11) is 0. The molecule has 0 spiro atoms. The van der Waals surface area contributed by atoms with Gasteiger partial charge in [0.1, 0.15) is 5.69 Å². The number of halogens is 1. The molecule has 0 aromatic heterocycles. The molecule has 1 amide bonds. The first-order valence-corrected chi connectivity index (χ1v) is 9.35. The zero-order chi connectivity index (χ0) is 21.4. The lowest BCUT2D eigenvalue weighted by Crippen LogP contribution is -2.21. The van der Waals surface area contributed by atoms with Crippen molar-refractivity contribution in [3.05, 3.63) is 62.7 Å². The molecule has 0 radical (unpaired) electrons. The van der Waals surface area contributed by atoms with Crippen molar-refractivity contribution in [1.29, 1.82) is 0 Å². The van der Waals surface area contributed by atoms with Crippen LogP contribution in [0.3, 0.4) is 0 Å². The van der Waals surface area contributed by atoms with E-state index in [1.807, 2.05) is 19.9 Å². The minimum Gasteiger partial charge on any atom is -0.456 e. The minimum atomic E-state index is -0.531. The van der Waals surface area contributed by atoms with Crippen LogP contribution in [0.15, 0.2) is 36.4 Å². The average Bonchev–Trinajstić information content (AvgIpc) is 2.66. The molecule has 9 heteroatoms. The second-order valence-electron chi connectivity index (χ2n) is 6.45. The number of esters is 1. The third kappa shape index (κ3) is 6.76. The zero-order valence-electron chi connectivity index (χ0n) is 16.2. The van der Waals surface area contributed by atoms with Gasteiger partial charge in [-0.2, -0.15) is 0 Å². The van der Waals surface area contributed by atoms with Crippen molar-refractivity contribution in [3.63, 3.8) is 0 Å². The number of anilines is 2. The molecule has 2 aromatic rings. The second kappa shape index (κ2) is 10.4. The zero-order valence-corrected chi connectivity index (χ0v) is 16.9. The number of nitro groups is 1. The molecule has 0 aliphatic heterocycles. The van der Waals surface area contributed by atoms with Crippen LogP contribution in [-0.4, -0.2) is 30.0 Å². The van der Waals surface area contributed by atoms with Crippen LogP contribution in [0.25, 0.3) is 0 Å². The van der Waals surface area contributed by atoms with Gasteiger partial charge < -0.3 is 15.4 Å². The predicted molar refractivity (Wildman–Crippen MR) is 111 cm³/mol. The number of nitro benzene ring substituents is 1. The number of amides is 1. The number of aryl methyl sites for hydroxylation is 2. The Morgan fingerprint density at radius 3 is 2.62 bits per heavy atom. The van der Waals surface area contributed by atoms with Crippen molar-refractivity contribution < 1.29 is 19.2 Å². The molecule has 0 atom stereocenters. The Morgan fingerprint density at radius 2 is 1.93 bits per heavy atom. The monoisotopic (exact) mass is 419 g/mol. The van der Waals surface area contributed by atoms with Gasteiger partial charge in [0.05, 0.1) is 15.6 Å². The Bertz CT molecular complexity index is 894. The number of benzene rings is 2. The lowest BCUT2D eigenvalue weighted by molar-refractivity contribution is -0.384. The van der Waals surface area contributed by atoms with Crippen LogP contribution >= 0.6 is 11.6 Å². The van der Waals surface area contributed by atoms with Gasteiger partial charge in [-0.1, -0.05) is 29.8 Å². The van der Waals surface area contributed by atoms with Crippen LogP contribution < -0.4 is 10.6 Å². The van der Waals surface area contributed by atoms with Crippen LogP contribution in [-0.2, 0) is 14.3 Å². The van der Waals surface area contributed by atoms with Crippen molar-refractivity contribution in [1.82, 2.24) is 0 Å². The normalized spacial score (nSPS) is 10.3. The molecule has 0 saturated carbocycles. The Balaban J connectivity index is 1.72. The van der Waals surface area contributed by atoms with E-state index in [1.54, 1.807) is 24.3 Å². The number of carbonyl (C=O) groups excluding carboxylic acids is 2. The predicted octanol–water partition coefficient (Wildman–Crippen LogP) is 4.24. The van der Waals surface area contributed by atoms with E-state index in [0.29, 0.717) is 29.4 Å². The fourth-order valence-electron chi connectivity index (χ4n) is 2.71. The lowest BCUT2D eigenvalue weighted by Gasteiger charge is -2.12. The second-order valence-corrected chi connectivity index (χ2v) is 6.86. The summed E-state index contributed by atoms with van der Waals surface area (Å²) in [6, 6.07) is 9.88. The summed E-state index contributed by atoms with van der Waals surface area (Å²) in [5, 5.41) is 16.9. The molecule has 0 bridgehead atoms. The summed E-state index contributed by atoms with van der Waals surface area (Å²) in [4.78, 5) is 34.3. The molecule has 2 aromatic carbocycles. The van der Waals surface area contributed by atoms with Gasteiger partial charge in [-0.15, -0.1) is 0 Å². The van der Waals surface area contributed by atoms with Crippen LogP contribution in [0.2, 0.25) is 5.02 Å². The Kier molecular flexibility index (Phi) is 7.97. The Labute approximate surface area is 173 Å². The maximum Gasteiger partial charge on any atom is 0.306 e. The molecule has 154 valence electrons. The number of nitrogens with one attached hydrogen (secondary N) is 2. The molecule has 2 N–H and O–H groups in total. The number of ether oxygens (including phenoxy) is 1. The highest BCUT2D eigenvalue weighted by Crippen LogP contribution is 2.27. The Hall–Kier alpha value is -3.13. The third-order valence-electron chi connectivity index (χ3n) is 4.03. The molecule has 0 aliphatic rings. The van der Waals surface area contributed by atoms with Crippen LogP contribution in [0, 0.1) is 24.0 Å². The molecular formula is C20H22ClN3O5. The fourth-order valence-corrected chi connectivity index (χ4v) is 3.07. The van der Waals surface area contributed by atoms with Gasteiger partial charge in [-0.25, -0.2) is 0 Å². The van der Waals surface area contributed by atoms with E-state index < -0.39 is 23.4 Å². The van der Waals surface area contributed by atoms with Crippen LogP contribution in [0.4, 0.5) is 17.1 Å². The number of carbonyl (C=O) groups is 2. The largest absolute Gasteiger partial charge is 0.456 e. The van der Waals surface area contributed by atoms with Crippen molar-refractivity contribution >= 4 is 40.5 Å². The van der Waals surface area contributed by atoms with Crippen LogP contribution in [0.5, 0.6) is 0 Å².